The summed E-state index contributed by atoms with van der Waals surface area (Å²) >= 11 is 0. The van der Waals surface area contributed by atoms with Crippen LogP contribution >= 0.6 is 0 Å². The second-order valence-electron chi connectivity index (χ2n) is 15.2. The van der Waals surface area contributed by atoms with Crippen LogP contribution in [0.15, 0.2) is 24.3 Å². The van der Waals surface area contributed by atoms with Crippen LogP contribution < -0.4 is 5.32 Å². The lowest BCUT2D eigenvalue weighted by molar-refractivity contribution is -0.164. The average molecular weight is 571 g/mol. The van der Waals surface area contributed by atoms with Gasteiger partial charge in [0.25, 0.3) is 0 Å². The average Bonchev–Trinajstić information content (AvgIpc) is 3.37. The van der Waals surface area contributed by atoms with E-state index in [1.165, 1.54) is 49.5 Å². The third-order valence-corrected chi connectivity index (χ3v) is 12.5. The fraction of sp³-hybridized carbons (Fsp3) is 0.686. The lowest BCUT2D eigenvalue weighted by Gasteiger charge is -2.57. The Morgan fingerprint density at radius 2 is 1.64 bits per heavy atom. The summed E-state index contributed by atoms with van der Waals surface area (Å²) in [7, 11) is 0. The highest BCUT2D eigenvalue weighted by Gasteiger charge is 2.57. The highest BCUT2D eigenvalue weighted by molar-refractivity contribution is 5.93. The summed E-state index contributed by atoms with van der Waals surface area (Å²) in [6.45, 7) is 5.02. The van der Waals surface area contributed by atoms with Gasteiger partial charge in [-0.25, -0.2) is 0 Å². The largest absolute Gasteiger partial charge is 0.356 e. The third-order valence-electron chi connectivity index (χ3n) is 12.5. The van der Waals surface area contributed by atoms with Gasteiger partial charge in [0.05, 0.1) is 11.5 Å². The molecule has 0 spiro atoms. The van der Waals surface area contributed by atoms with Crippen LogP contribution in [0, 0.1) is 35.0 Å². The molecule has 9 rings (SSSR count). The van der Waals surface area contributed by atoms with Crippen molar-refractivity contribution in [3.8, 4) is 0 Å². The molecule has 1 aromatic heterocycles. The van der Waals surface area contributed by atoms with E-state index in [1.54, 1.807) is 0 Å². The normalized spacial score (nSPS) is 37.1. The van der Waals surface area contributed by atoms with Crippen molar-refractivity contribution in [2.24, 2.45) is 35.0 Å². The van der Waals surface area contributed by atoms with Gasteiger partial charge in [0.2, 0.25) is 17.7 Å². The Balaban J connectivity index is 1.06. The first-order valence-electron chi connectivity index (χ1n) is 16.8. The van der Waals surface area contributed by atoms with Crippen molar-refractivity contribution >= 4 is 28.6 Å². The van der Waals surface area contributed by atoms with E-state index in [1.807, 2.05) is 15.9 Å². The standard InChI is InChI=1S/C35H46N4O3/c1-34-28(33(42)38-10-5-2-6-11-38)16-25(17-30(40)36-21-35-18-22-13-23(19-35)15-24(14-22)20-35)32(41)39(34)12-9-27-26-7-3-4-8-29(26)37-31(27)34/h3-4,7-8,22-25,28,37H,2,5-6,9-21H2,1H3,(H,36,40)/t22?,23?,24?,25?,28-,34+,35?/m1/s1. The fourth-order valence-corrected chi connectivity index (χ4v) is 11.0. The Bertz CT molecular complexity index is 1390. The molecule has 3 amide bonds. The SMILES string of the molecule is C[C@]12c3[nH]c4ccccc4c3CCN1C(=O)C(CC(=O)NCC13CC4CC(CC(C4)C1)C3)C[C@@H]2C(=O)N1CCCCC1. The minimum atomic E-state index is -0.746. The number of hydrogen-bond acceptors (Lipinski definition) is 3. The summed E-state index contributed by atoms with van der Waals surface area (Å²) in [5.41, 5.74) is 2.84. The van der Waals surface area contributed by atoms with Crippen molar-refractivity contribution in [1.29, 1.82) is 0 Å². The molecule has 2 aromatic rings. The number of H-pyrrole nitrogens is 1. The van der Waals surface area contributed by atoms with Crippen LogP contribution in [-0.4, -0.2) is 58.7 Å². The Labute approximate surface area is 249 Å². The van der Waals surface area contributed by atoms with Gasteiger partial charge in [-0.05, 0) is 112 Å². The molecule has 2 N–H and O–H groups in total. The second-order valence-corrected chi connectivity index (χ2v) is 15.2. The Kier molecular flexibility index (Phi) is 6.28. The molecule has 6 fully saturated rings. The van der Waals surface area contributed by atoms with Crippen molar-refractivity contribution in [2.75, 3.05) is 26.2 Å². The van der Waals surface area contributed by atoms with Gasteiger partial charge in [-0.2, -0.15) is 0 Å². The van der Waals surface area contributed by atoms with Gasteiger partial charge >= 0.3 is 0 Å². The van der Waals surface area contributed by atoms with Crippen molar-refractivity contribution in [3.05, 3.63) is 35.5 Å². The lowest BCUT2D eigenvalue weighted by Crippen LogP contribution is -2.64. The molecule has 4 aliphatic carbocycles. The molecular weight excluding hydrogens is 524 g/mol. The Morgan fingerprint density at radius 3 is 2.36 bits per heavy atom. The molecule has 4 heterocycles. The lowest BCUT2D eigenvalue weighted by atomic mass is 9.49. The molecule has 3 atom stereocenters. The van der Waals surface area contributed by atoms with Crippen molar-refractivity contribution < 1.29 is 14.4 Å². The number of amides is 3. The second kappa shape index (κ2) is 9.85. The van der Waals surface area contributed by atoms with Crippen LogP contribution in [-0.2, 0) is 26.3 Å². The predicted molar refractivity (Wildman–Crippen MR) is 161 cm³/mol. The Morgan fingerprint density at radius 1 is 0.952 bits per heavy atom. The van der Waals surface area contributed by atoms with Crippen LogP contribution in [0.1, 0.15) is 88.8 Å². The number of piperidine rings is 2. The quantitative estimate of drug-likeness (QED) is 0.522. The molecule has 0 radical (unpaired) electrons. The third kappa shape index (κ3) is 4.16. The molecular formula is C35H46N4O3. The van der Waals surface area contributed by atoms with E-state index in [4.69, 9.17) is 0 Å². The highest BCUT2D eigenvalue weighted by atomic mass is 16.2. The number of rotatable bonds is 5. The minimum absolute atomic E-state index is 0.0137. The molecule has 224 valence electrons. The van der Waals surface area contributed by atoms with Gasteiger partial charge in [-0.3, -0.25) is 14.4 Å². The molecule has 4 bridgehead atoms. The van der Waals surface area contributed by atoms with E-state index < -0.39 is 11.5 Å². The summed E-state index contributed by atoms with van der Waals surface area (Å²) < 4.78 is 0. The summed E-state index contributed by atoms with van der Waals surface area (Å²) in [5.74, 6) is 1.89. The number of para-hydroxylation sites is 1. The molecule has 7 heteroatoms. The number of fused-ring (bicyclic) bond motifs is 5. The van der Waals surface area contributed by atoms with E-state index >= 15 is 0 Å². The summed E-state index contributed by atoms with van der Waals surface area (Å²) in [5, 5.41) is 4.51. The number of likely N-dealkylation sites (tertiary alicyclic amines) is 1. The molecule has 42 heavy (non-hydrogen) atoms. The first-order valence-corrected chi connectivity index (χ1v) is 16.8. The summed E-state index contributed by atoms with van der Waals surface area (Å²) in [4.78, 5) is 49.7. The minimum Gasteiger partial charge on any atom is -0.356 e. The molecule has 4 saturated carbocycles. The first-order chi connectivity index (χ1) is 20.3. The van der Waals surface area contributed by atoms with Gasteiger partial charge in [0.15, 0.2) is 0 Å². The number of nitrogens with zero attached hydrogens (tertiary/aromatic N) is 2. The van der Waals surface area contributed by atoms with Gasteiger partial charge < -0.3 is 20.1 Å². The van der Waals surface area contributed by atoms with E-state index in [9.17, 15) is 14.4 Å². The van der Waals surface area contributed by atoms with Crippen molar-refractivity contribution in [2.45, 2.75) is 89.5 Å². The number of aromatic nitrogens is 1. The van der Waals surface area contributed by atoms with Crippen molar-refractivity contribution in [3.63, 3.8) is 0 Å². The maximum Gasteiger partial charge on any atom is 0.228 e. The van der Waals surface area contributed by atoms with E-state index in [0.717, 1.165) is 74.3 Å². The fourth-order valence-electron chi connectivity index (χ4n) is 11.0. The maximum absolute atomic E-state index is 14.3. The molecule has 1 unspecified atom stereocenters. The number of carbonyl (C=O) groups is 3. The van der Waals surface area contributed by atoms with Gasteiger partial charge in [0, 0.05) is 55.1 Å². The van der Waals surface area contributed by atoms with E-state index in [2.05, 4.69) is 35.4 Å². The maximum atomic E-state index is 14.3. The van der Waals surface area contributed by atoms with Gasteiger partial charge in [-0.1, -0.05) is 18.2 Å². The number of carbonyl (C=O) groups excluding carboxylic acids is 3. The molecule has 7 aliphatic rings. The predicted octanol–water partition coefficient (Wildman–Crippen LogP) is 5.14. The number of aromatic amines is 1. The zero-order chi connectivity index (χ0) is 28.6. The van der Waals surface area contributed by atoms with Gasteiger partial charge in [-0.15, -0.1) is 0 Å². The van der Waals surface area contributed by atoms with E-state index in [0.29, 0.717) is 13.0 Å². The van der Waals surface area contributed by atoms with Gasteiger partial charge in [0.1, 0.15) is 0 Å². The van der Waals surface area contributed by atoms with Crippen LogP contribution in [0.3, 0.4) is 0 Å². The summed E-state index contributed by atoms with van der Waals surface area (Å²) in [6, 6.07) is 8.33. The van der Waals surface area contributed by atoms with Crippen LogP contribution in [0.2, 0.25) is 0 Å². The van der Waals surface area contributed by atoms with E-state index in [-0.39, 0.29) is 35.5 Å². The zero-order valence-corrected chi connectivity index (χ0v) is 25.1. The monoisotopic (exact) mass is 570 g/mol. The number of nitrogens with one attached hydrogen (secondary N) is 2. The molecule has 7 nitrogen and oxygen atoms in total. The molecule has 1 aromatic carbocycles. The van der Waals surface area contributed by atoms with Crippen molar-refractivity contribution in [1.82, 2.24) is 20.1 Å². The first kappa shape index (κ1) is 26.8. The Hall–Kier alpha value is -2.83. The number of benzene rings is 1. The number of hydrogen-bond donors (Lipinski definition) is 2. The summed E-state index contributed by atoms with van der Waals surface area (Å²) in [6.07, 6.45) is 12.5. The smallest absolute Gasteiger partial charge is 0.228 e. The highest BCUT2D eigenvalue weighted by Crippen LogP contribution is 2.59. The molecule has 2 saturated heterocycles. The molecule has 3 aliphatic heterocycles. The topological polar surface area (TPSA) is 85.5 Å². The zero-order valence-electron chi connectivity index (χ0n) is 25.1. The van der Waals surface area contributed by atoms with Crippen LogP contribution in [0.25, 0.3) is 10.9 Å². The van der Waals surface area contributed by atoms with Crippen LogP contribution in [0.4, 0.5) is 0 Å². The van der Waals surface area contributed by atoms with Crippen LogP contribution in [0.5, 0.6) is 0 Å².